The number of nitrogens with one attached hydrogen (secondary N) is 2. The van der Waals surface area contributed by atoms with Crippen LogP contribution in [0.2, 0.25) is 0 Å². The van der Waals surface area contributed by atoms with Gasteiger partial charge in [-0.05, 0) is 52.2 Å². The van der Waals surface area contributed by atoms with Crippen LogP contribution in [0.3, 0.4) is 0 Å². The zero-order chi connectivity index (χ0) is 18.2. The first-order chi connectivity index (χ1) is 12.0. The number of hydrogen-bond donors (Lipinski definition) is 2. The Hall–Kier alpha value is -2.30. The highest BCUT2D eigenvalue weighted by molar-refractivity contribution is 5.79. The van der Waals surface area contributed by atoms with Crippen molar-refractivity contribution in [3.8, 4) is 0 Å². The summed E-state index contributed by atoms with van der Waals surface area (Å²) in [4.78, 5) is 4.29. The van der Waals surface area contributed by atoms with Gasteiger partial charge in [0.05, 0.1) is 5.69 Å². The number of guanidine groups is 1. The van der Waals surface area contributed by atoms with Crippen LogP contribution < -0.4 is 10.6 Å². The van der Waals surface area contributed by atoms with Gasteiger partial charge in [0.15, 0.2) is 5.96 Å². The van der Waals surface area contributed by atoms with E-state index in [2.05, 4.69) is 70.4 Å². The summed E-state index contributed by atoms with van der Waals surface area (Å²) in [6, 6.07) is 8.82. The number of hydrogen-bond acceptors (Lipinski definition) is 2. The van der Waals surface area contributed by atoms with E-state index in [4.69, 9.17) is 0 Å². The van der Waals surface area contributed by atoms with Gasteiger partial charge in [-0.15, -0.1) is 0 Å². The minimum Gasteiger partial charge on any atom is -0.356 e. The zero-order valence-electron chi connectivity index (χ0n) is 16.2. The monoisotopic (exact) mass is 341 g/mol. The van der Waals surface area contributed by atoms with Crippen LogP contribution in [-0.2, 0) is 13.0 Å². The highest BCUT2D eigenvalue weighted by Crippen LogP contribution is 2.09. The molecule has 0 spiro atoms. The van der Waals surface area contributed by atoms with E-state index in [-0.39, 0.29) is 0 Å². The van der Waals surface area contributed by atoms with Crippen LogP contribution in [0.25, 0.3) is 0 Å². The SMILES string of the molecule is CN=C(NCCCn1nc(C)cc1C)NCCc1cc(C)cc(C)c1. The van der Waals surface area contributed by atoms with Gasteiger partial charge in [0, 0.05) is 32.4 Å². The lowest BCUT2D eigenvalue weighted by Gasteiger charge is -2.12. The second-order valence-corrected chi connectivity index (χ2v) is 6.68. The van der Waals surface area contributed by atoms with Gasteiger partial charge >= 0.3 is 0 Å². The fourth-order valence-corrected chi connectivity index (χ4v) is 3.10. The third-order valence-electron chi connectivity index (χ3n) is 4.15. The molecule has 0 fully saturated rings. The number of aryl methyl sites for hydroxylation is 5. The molecule has 0 aliphatic heterocycles. The van der Waals surface area contributed by atoms with Gasteiger partial charge in [0.2, 0.25) is 0 Å². The van der Waals surface area contributed by atoms with E-state index in [1.54, 1.807) is 0 Å². The lowest BCUT2D eigenvalue weighted by molar-refractivity contribution is 0.555. The molecule has 2 aromatic rings. The van der Waals surface area contributed by atoms with Crippen molar-refractivity contribution < 1.29 is 0 Å². The van der Waals surface area contributed by atoms with E-state index in [1.807, 2.05) is 14.0 Å². The van der Waals surface area contributed by atoms with Gasteiger partial charge in [0.25, 0.3) is 0 Å². The first kappa shape index (κ1) is 19.0. The maximum atomic E-state index is 4.49. The molecule has 1 heterocycles. The fourth-order valence-electron chi connectivity index (χ4n) is 3.10. The largest absolute Gasteiger partial charge is 0.356 e. The summed E-state index contributed by atoms with van der Waals surface area (Å²) in [5.74, 6) is 0.859. The van der Waals surface area contributed by atoms with E-state index < -0.39 is 0 Å². The molecule has 0 saturated carbocycles. The van der Waals surface area contributed by atoms with Gasteiger partial charge in [-0.3, -0.25) is 9.67 Å². The molecule has 0 radical (unpaired) electrons. The second kappa shape index (κ2) is 9.25. The zero-order valence-corrected chi connectivity index (χ0v) is 16.2. The summed E-state index contributed by atoms with van der Waals surface area (Å²) in [7, 11) is 1.81. The Morgan fingerprint density at radius 1 is 1.00 bits per heavy atom. The average Bonchev–Trinajstić information content (AvgIpc) is 2.86. The highest BCUT2D eigenvalue weighted by atomic mass is 15.3. The second-order valence-electron chi connectivity index (χ2n) is 6.68. The Balaban J connectivity index is 1.69. The summed E-state index contributed by atoms with van der Waals surface area (Å²) in [5.41, 5.74) is 6.30. The molecule has 0 unspecified atom stereocenters. The topological polar surface area (TPSA) is 54.2 Å². The van der Waals surface area contributed by atoms with E-state index in [1.165, 1.54) is 22.4 Å². The molecule has 25 heavy (non-hydrogen) atoms. The predicted octanol–water partition coefficient (Wildman–Crippen LogP) is 2.91. The van der Waals surface area contributed by atoms with Crippen molar-refractivity contribution >= 4 is 5.96 Å². The Morgan fingerprint density at radius 2 is 1.68 bits per heavy atom. The molecule has 0 aliphatic carbocycles. The first-order valence-electron chi connectivity index (χ1n) is 9.00. The van der Waals surface area contributed by atoms with Crippen LogP contribution in [0.15, 0.2) is 29.3 Å². The number of nitrogens with zero attached hydrogens (tertiary/aromatic N) is 3. The van der Waals surface area contributed by atoms with E-state index in [0.717, 1.165) is 44.1 Å². The average molecular weight is 342 g/mol. The summed E-state index contributed by atoms with van der Waals surface area (Å²) in [6.07, 6.45) is 2.01. The summed E-state index contributed by atoms with van der Waals surface area (Å²) < 4.78 is 2.06. The van der Waals surface area contributed by atoms with Crippen LogP contribution in [0.4, 0.5) is 0 Å². The van der Waals surface area contributed by atoms with Crippen LogP contribution in [0.1, 0.15) is 34.5 Å². The third-order valence-corrected chi connectivity index (χ3v) is 4.15. The standard InChI is InChI=1S/C20H31N5/c1-15-11-16(2)13-19(12-15)7-9-23-20(21-5)22-8-6-10-25-18(4)14-17(3)24-25/h11-14H,6-10H2,1-5H3,(H2,21,22,23). The van der Waals surface area contributed by atoms with Crippen LogP contribution in [-0.4, -0.2) is 35.9 Å². The Morgan fingerprint density at radius 3 is 2.28 bits per heavy atom. The van der Waals surface area contributed by atoms with E-state index in [0.29, 0.717) is 0 Å². The fraction of sp³-hybridized carbons (Fsp3) is 0.500. The van der Waals surface area contributed by atoms with Gasteiger partial charge in [-0.25, -0.2) is 0 Å². The third kappa shape index (κ3) is 6.25. The molecule has 5 nitrogen and oxygen atoms in total. The summed E-state index contributed by atoms with van der Waals surface area (Å²) in [6.45, 7) is 11.1. The molecular weight excluding hydrogens is 310 g/mol. The van der Waals surface area contributed by atoms with Crippen LogP contribution in [0, 0.1) is 27.7 Å². The van der Waals surface area contributed by atoms with Gasteiger partial charge in [-0.1, -0.05) is 29.3 Å². The van der Waals surface area contributed by atoms with E-state index in [9.17, 15) is 0 Å². The first-order valence-corrected chi connectivity index (χ1v) is 9.00. The van der Waals surface area contributed by atoms with Crippen molar-refractivity contribution in [2.24, 2.45) is 4.99 Å². The lowest BCUT2D eigenvalue weighted by atomic mass is 10.1. The molecule has 1 aromatic carbocycles. The summed E-state index contributed by atoms with van der Waals surface area (Å²) in [5, 5.41) is 11.2. The molecule has 5 heteroatoms. The minimum atomic E-state index is 0.859. The number of aromatic nitrogens is 2. The van der Waals surface area contributed by atoms with Gasteiger partial charge < -0.3 is 10.6 Å². The Bertz CT molecular complexity index is 695. The molecular formula is C20H31N5. The van der Waals surface area contributed by atoms with Crippen molar-refractivity contribution in [2.45, 2.75) is 47.1 Å². The smallest absolute Gasteiger partial charge is 0.190 e. The molecule has 1 aromatic heterocycles. The van der Waals surface area contributed by atoms with Crippen molar-refractivity contribution in [1.82, 2.24) is 20.4 Å². The quantitative estimate of drug-likeness (QED) is 0.462. The van der Waals surface area contributed by atoms with Gasteiger partial charge in [-0.2, -0.15) is 5.10 Å². The molecule has 0 atom stereocenters. The predicted molar refractivity (Wildman–Crippen MR) is 105 cm³/mol. The maximum absolute atomic E-state index is 4.49. The molecule has 0 aliphatic rings. The van der Waals surface area contributed by atoms with Crippen molar-refractivity contribution in [3.63, 3.8) is 0 Å². The Labute approximate surface area is 151 Å². The molecule has 0 bridgehead atoms. The molecule has 2 N–H and O–H groups in total. The Kier molecular flexibility index (Phi) is 7.04. The van der Waals surface area contributed by atoms with Crippen LogP contribution in [0.5, 0.6) is 0 Å². The molecule has 0 saturated heterocycles. The number of rotatable bonds is 7. The maximum Gasteiger partial charge on any atom is 0.190 e. The molecule has 2 rings (SSSR count). The van der Waals surface area contributed by atoms with Crippen molar-refractivity contribution in [1.29, 1.82) is 0 Å². The summed E-state index contributed by atoms with van der Waals surface area (Å²) >= 11 is 0. The lowest BCUT2D eigenvalue weighted by Crippen LogP contribution is -2.39. The number of benzene rings is 1. The number of aliphatic imine (C=N–C) groups is 1. The highest BCUT2D eigenvalue weighted by Gasteiger charge is 2.02. The van der Waals surface area contributed by atoms with Crippen molar-refractivity contribution in [3.05, 3.63) is 52.3 Å². The van der Waals surface area contributed by atoms with Crippen LogP contribution >= 0.6 is 0 Å². The minimum absolute atomic E-state index is 0.859. The van der Waals surface area contributed by atoms with Gasteiger partial charge in [0.1, 0.15) is 0 Å². The molecule has 136 valence electrons. The normalized spacial score (nSPS) is 11.6. The van der Waals surface area contributed by atoms with Crippen molar-refractivity contribution in [2.75, 3.05) is 20.1 Å². The van der Waals surface area contributed by atoms with E-state index >= 15 is 0 Å². The molecule has 0 amide bonds.